The van der Waals surface area contributed by atoms with Crippen LogP contribution in [0.3, 0.4) is 0 Å². The number of phosphoric acid groups is 3. The van der Waals surface area contributed by atoms with Crippen molar-refractivity contribution >= 4 is 46.4 Å². The molecule has 258 valence electrons. The number of aromatic nitrogens is 4. The molecule has 44 heavy (non-hydrogen) atoms. The summed E-state index contributed by atoms with van der Waals surface area (Å²) < 4.78 is 57.9. The minimum absolute atomic E-state index is 0. The van der Waals surface area contributed by atoms with Crippen LogP contribution in [-0.2, 0) is 41.1 Å². The van der Waals surface area contributed by atoms with Crippen molar-refractivity contribution < 1.29 is 60.7 Å². The number of imidazole rings is 1. The molecular formula is C20H43N8O13P3-2. The molecule has 0 spiro atoms. The molecule has 7 atom stereocenters. The third kappa shape index (κ3) is 13.2. The van der Waals surface area contributed by atoms with Gasteiger partial charge in [-0.1, -0.05) is 14.9 Å². The molecule has 0 bridgehead atoms. The van der Waals surface area contributed by atoms with Crippen molar-refractivity contribution in [2.75, 3.05) is 46.7 Å². The number of nitrogen functional groups attached to an aromatic ring is 1. The zero-order chi connectivity index (χ0) is 31.0. The second kappa shape index (κ2) is 18.9. The molecule has 0 radical (unpaired) electrons. The molecule has 1 aliphatic rings. The smallest absolute Gasteiger partial charge is 0.280 e. The number of carbonyl (C=O) groups is 1. The zero-order valence-corrected chi connectivity index (χ0v) is 26.0. The van der Waals surface area contributed by atoms with Gasteiger partial charge in [-0.2, -0.15) is 0 Å². The van der Waals surface area contributed by atoms with E-state index in [1.54, 1.807) is 4.57 Å². The van der Waals surface area contributed by atoms with E-state index >= 15 is 0 Å². The Morgan fingerprint density at radius 2 is 1.68 bits per heavy atom. The lowest BCUT2D eigenvalue weighted by atomic mass is 10.1. The quantitative estimate of drug-likeness (QED) is 0.129. The highest BCUT2D eigenvalue weighted by molar-refractivity contribution is 7.65. The number of nitrogens with two attached hydrogens (primary N) is 1. The number of likely N-dealkylation sites (N-methyl/N-ethyl adjacent to an activating group) is 1. The van der Waals surface area contributed by atoms with Gasteiger partial charge in [0.1, 0.15) is 17.9 Å². The van der Waals surface area contributed by atoms with Gasteiger partial charge < -0.3 is 60.7 Å². The summed E-state index contributed by atoms with van der Waals surface area (Å²) in [5.74, 6) is -0.476. The number of amides is 1. The summed E-state index contributed by atoms with van der Waals surface area (Å²) >= 11 is 0. The van der Waals surface area contributed by atoms with Crippen molar-refractivity contribution in [3.05, 3.63) is 12.7 Å². The van der Waals surface area contributed by atoms with E-state index in [1.807, 2.05) is 7.05 Å². The van der Waals surface area contributed by atoms with E-state index in [9.17, 15) is 33.2 Å². The minimum Gasteiger partial charge on any atom is -0.756 e. The molecule has 4 unspecified atom stereocenters. The summed E-state index contributed by atoms with van der Waals surface area (Å²) in [6.45, 7) is 2.44. The Balaban J connectivity index is 0. The van der Waals surface area contributed by atoms with Gasteiger partial charge in [0.25, 0.3) is 23.5 Å². The molecule has 3 rings (SSSR count). The SMILES string of the molecule is C.C.CNCCNC(C)=O.COC1[C@@H](COP(=O)([O-])OP(=O)([O-])OP(=O)([O-])O)C[C@@H](n2cnc3c(N)ncnc32)[C@H]1OC.[NH4+]. The van der Waals surface area contributed by atoms with Crippen LogP contribution >= 0.6 is 23.5 Å². The standard InChI is InChI=1S/C13H22N5O12P3.C5H12N2O.2CH4.H3N/c1-26-10-7(4-28-32(22,23)30-33(24,25)29-31(19,20)21)3-8(11(10)27-2)18-6-17-9-12(14)15-5-16-13(9)18;1-5(8)7-4-3-6-2;;;/h5-8,10-11H,3-4H2,1-2H3,(H,22,23)(H,24,25)(H2,14,15,16)(H2,19,20,21);6H,3-4H2,1-2H3,(H,7,8);2*1H4;1H3/p-2/t7-,8-,10?,11-;;;;/m1..../s1. The topological polar surface area (TPSA) is 334 Å². The Bertz CT molecular complexity index is 1310. The number of rotatable bonds is 13. The van der Waals surface area contributed by atoms with E-state index in [4.69, 9.17) is 20.1 Å². The Morgan fingerprint density at radius 3 is 2.20 bits per heavy atom. The van der Waals surface area contributed by atoms with E-state index in [-0.39, 0.29) is 39.1 Å². The number of anilines is 1. The average Bonchev–Trinajstić information content (AvgIpc) is 3.42. The first-order valence-corrected chi connectivity index (χ1v) is 16.1. The number of nitrogens with one attached hydrogen (secondary N) is 2. The monoisotopic (exact) mass is 696 g/mol. The van der Waals surface area contributed by atoms with Crippen LogP contribution in [0.5, 0.6) is 0 Å². The fourth-order valence-electron chi connectivity index (χ4n) is 4.07. The highest BCUT2D eigenvalue weighted by Gasteiger charge is 2.46. The molecular weight excluding hydrogens is 653 g/mol. The lowest BCUT2D eigenvalue weighted by Gasteiger charge is -2.33. The summed E-state index contributed by atoms with van der Waals surface area (Å²) in [7, 11) is -12.8. The molecule has 24 heteroatoms. The van der Waals surface area contributed by atoms with Gasteiger partial charge >= 0.3 is 0 Å². The van der Waals surface area contributed by atoms with Crippen molar-refractivity contribution in [1.82, 2.24) is 36.3 Å². The minimum atomic E-state index is -5.99. The van der Waals surface area contributed by atoms with Crippen LogP contribution in [-0.4, -0.2) is 83.5 Å². The van der Waals surface area contributed by atoms with E-state index in [0.717, 1.165) is 6.54 Å². The fraction of sp³-hybridized carbons (Fsp3) is 0.700. The number of methoxy groups -OCH3 is 2. The number of quaternary nitrogens is 1. The maximum Gasteiger partial charge on any atom is 0.280 e. The molecule has 1 amide bonds. The van der Waals surface area contributed by atoms with Gasteiger partial charge in [-0.15, -0.1) is 0 Å². The van der Waals surface area contributed by atoms with Crippen molar-refractivity contribution in [1.29, 1.82) is 0 Å². The number of phosphoric ester groups is 1. The van der Waals surface area contributed by atoms with Crippen molar-refractivity contribution in [3.8, 4) is 0 Å². The third-order valence-corrected chi connectivity index (χ3v) is 9.29. The normalized spacial score (nSPS) is 23.3. The van der Waals surface area contributed by atoms with Gasteiger partial charge in [0, 0.05) is 40.2 Å². The summed E-state index contributed by atoms with van der Waals surface area (Å²) in [5, 5.41) is 5.55. The van der Waals surface area contributed by atoms with Crippen molar-refractivity contribution in [2.45, 2.75) is 46.4 Å². The summed E-state index contributed by atoms with van der Waals surface area (Å²) in [6, 6.07) is -0.463. The van der Waals surface area contributed by atoms with Gasteiger partial charge in [-0.25, -0.2) is 23.6 Å². The number of hydrogen-bond acceptors (Lipinski definition) is 17. The van der Waals surface area contributed by atoms with Crippen LogP contribution in [0.4, 0.5) is 5.82 Å². The number of nitrogens with zero attached hydrogens (tertiary/aromatic N) is 4. The molecule has 0 aliphatic heterocycles. The van der Waals surface area contributed by atoms with Gasteiger partial charge in [0.15, 0.2) is 11.5 Å². The zero-order valence-electron chi connectivity index (χ0n) is 23.3. The molecule has 2 aromatic rings. The summed E-state index contributed by atoms with van der Waals surface area (Å²) in [5.41, 5.74) is 6.56. The van der Waals surface area contributed by atoms with E-state index in [1.165, 1.54) is 33.8 Å². The van der Waals surface area contributed by atoms with Crippen LogP contribution in [0, 0.1) is 5.92 Å². The molecule has 2 aromatic heterocycles. The number of carbonyl (C=O) groups excluding carboxylic acids is 1. The number of fused-ring (bicyclic) bond motifs is 1. The van der Waals surface area contributed by atoms with Crippen molar-refractivity contribution in [2.24, 2.45) is 5.92 Å². The molecule has 2 heterocycles. The van der Waals surface area contributed by atoms with Crippen LogP contribution in [0.1, 0.15) is 34.2 Å². The van der Waals surface area contributed by atoms with Crippen LogP contribution < -0.4 is 37.2 Å². The molecule has 9 N–H and O–H groups in total. The Morgan fingerprint density at radius 1 is 1.07 bits per heavy atom. The van der Waals surface area contributed by atoms with E-state index < -0.39 is 54.2 Å². The Labute approximate surface area is 255 Å². The average molecular weight is 697 g/mol. The number of hydrogen-bond donors (Lipinski definition) is 5. The largest absolute Gasteiger partial charge is 0.756 e. The first-order chi connectivity index (χ1) is 19.0. The first kappa shape index (κ1) is 44.2. The molecule has 1 fully saturated rings. The molecule has 21 nitrogen and oxygen atoms in total. The Hall–Kier alpha value is -1.93. The molecule has 0 aromatic carbocycles. The second-order valence-electron chi connectivity index (χ2n) is 8.46. The fourth-order valence-corrected chi connectivity index (χ4v) is 7.01. The maximum absolute atomic E-state index is 11.9. The predicted octanol–water partition coefficient (Wildman–Crippen LogP) is -0.563. The van der Waals surface area contributed by atoms with Crippen LogP contribution in [0.15, 0.2) is 12.7 Å². The Kier molecular flexibility index (Phi) is 19.0. The number of ether oxygens (including phenoxy) is 2. The highest BCUT2D eigenvalue weighted by atomic mass is 31.3. The predicted molar refractivity (Wildman–Crippen MR) is 154 cm³/mol. The van der Waals surface area contributed by atoms with Gasteiger partial charge in [-0.05, 0) is 13.5 Å². The summed E-state index contributed by atoms with van der Waals surface area (Å²) in [4.78, 5) is 64.6. The van der Waals surface area contributed by atoms with Gasteiger partial charge in [0.2, 0.25) is 5.91 Å². The van der Waals surface area contributed by atoms with E-state index in [2.05, 4.69) is 38.7 Å². The summed E-state index contributed by atoms with van der Waals surface area (Å²) in [6.07, 6.45) is 1.59. The van der Waals surface area contributed by atoms with Crippen LogP contribution in [0.2, 0.25) is 0 Å². The maximum atomic E-state index is 11.9. The molecule has 1 saturated carbocycles. The lowest BCUT2D eigenvalue weighted by molar-refractivity contribution is -0.249. The molecule has 1 aliphatic carbocycles. The lowest BCUT2D eigenvalue weighted by Crippen LogP contribution is -2.34. The third-order valence-electron chi connectivity index (χ3n) is 5.60. The second-order valence-corrected chi connectivity index (χ2v) is 12.7. The van der Waals surface area contributed by atoms with E-state index in [0.29, 0.717) is 17.7 Å². The van der Waals surface area contributed by atoms with Crippen LogP contribution in [0.25, 0.3) is 11.2 Å². The van der Waals surface area contributed by atoms with Gasteiger partial charge in [0.05, 0.1) is 25.1 Å². The van der Waals surface area contributed by atoms with Gasteiger partial charge in [-0.3, -0.25) is 18.5 Å². The molecule has 0 saturated heterocycles. The first-order valence-electron chi connectivity index (χ1n) is 11.6. The highest BCUT2D eigenvalue weighted by Crippen LogP contribution is 2.61. The van der Waals surface area contributed by atoms with Crippen molar-refractivity contribution in [3.63, 3.8) is 0 Å².